The van der Waals surface area contributed by atoms with Crippen molar-refractivity contribution in [3.8, 4) is 11.3 Å². The predicted molar refractivity (Wildman–Crippen MR) is 120 cm³/mol. The molecule has 0 saturated heterocycles. The molecule has 1 N–H and O–H groups in total. The van der Waals surface area contributed by atoms with Crippen molar-refractivity contribution in [3.05, 3.63) is 82.7 Å². The predicted octanol–water partition coefficient (Wildman–Crippen LogP) is 4.32. The van der Waals surface area contributed by atoms with Gasteiger partial charge in [0.25, 0.3) is 5.91 Å². The second-order valence-electron chi connectivity index (χ2n) is 7.41. The molecule has 0 fully saturated rings. The van der Waals surface area contributed by atoms with E-state index in [4.69, 9.17) is 4.98 Å². The summed E-state index contributed by atoms with van der Waals surface area (Å²) in [6.45, 7) is 6.05. The number of benzene rings is 2. The quantitative estimate of drug-likeness (QED) is 0.412. The summed E-state index contributed by atoms with van der Waals surface area (Å²) in [5, 5.41) is 9.19. The van der Waals surface area contributed by atoms with Gasteiger partial charge < -0.3 is 0 Å². The molecule has 0 aliphatic carbocycles. The Kier molecular flexibility index (Phi) is 5.14. The van der Waals surface area contributed by atoms with Crippen LogP contribution in [0.3, 0.4) is 0 Å². The van der Waals surface area contributed by atoms with Crippen molar-refractivity contribution in [1.29, 1.82) is 0 Å². The first-order valence-electron chi connectivity index (χ1n) is 9.73. The maximum absolute atomic E-state index is 13.0. The lowest BCUT2D eigenvalue weighted by atomic mass is 10.0. The highest BCUT2D eigenvalue weighted by Crippen LogP contribution is 2.26. The average Bonchev–Trinajstić information content (AvgIpc) is 3.06. The van der Waals surface area contributed by atoms with Gasteiger partial charge in [-0.05, 0) is 50.1 Å². The van der Waals surface area contributed by atoms with Crippen LogP contribution in [0, 0.1) is 20.8 Å². The van der Waals surface area contributed by atoms with Crippen LogP contribution in [0.2, 0.25) is 0 Å². The summed E-state index contributed by atoms with van der Waals surface area (Å²) >= 11 is 0. The minimum absolute atomic E-state index is 0.281. The Labute approximate surface area is 175 Å². The van der Waals surface area contributed by atoms with Gasteiger partial charge in [0.2, 0.25) is 0 Å². The zero-order valence-electron chi connectivity index (χ0n) is 17.5. The first-order chi connectivity index (χ1) is 14.4. The Morgan fingerprint density at radius 2 is 1.87 bits per heavy atom. The molecule has 1 amide bonds. The van der Waals surface area contributed by atoms with Gasteiger partial charge in [-0.2, -0.15) is 10.2 Å². The third-order valence-electron chi connectivity index (χ3n) is 5.18. The van der Waals surface area contributed by atoms with Crippen molar-refractivity contribution in [1.82, 2.24) is 20.2 Å². The van der Waals surface area contributed by atoms with E-state index in [9.17, 15) is 4.79 Å². The number of para-hydroxylation sites is 1. The van der Waals surface area contributed by atoms with Crippen molar-refractivity contribution in [2.75, 3.05) is 0 Å². The first kappa shape index (κ1) is 19.5. The molecule has 0 saturated carbocycles. The molecule has 150 valence electrons. The molecule has 4 rings (SSSR count). The van der Waals surface area contributed by atoms with E-state index in [1.807, 2.05) is 56.6 Å². The molecule has 30 heavy (non-hydrogen) atoms. The largest absolute Gasteiger partial charge is 0.275 e. The first-order valence-corrected chi connectivity index (χ1v) is 9.73. The summed E-state index contributed by atoms with van der Waals surface area (Å²) in [4.78, 5) is 17.7. The number of carbonyl (C=O) groups is 1. The monoisotopic (exact) mass is 397 g/mol. The van der Waals surface area contributed by atoms with Gasteiger partial charge in [-0.1, -0.05) is 30.3 Å². The fourth-order valence-electron chi connectivity index (χ4n) is 3.38. The number of rotatable bonds is 4. The van der Waals surface area contributed by atoms with Gasteiger partial charge >= 0.3 is 0 Å². The van der Waals surface area contributed by atoms with Gasteiger partial charge in [0, 0.05) is 29.8 Å². The van der Waals surface area contributed by atoms with Gasteiger partial charge in [-0.25, -0.2) is 10.4 Å². The Balaban J connectivity index is 1.70. The van der Waals surface area contributed by atoms with Gasteiger partial charge in [-0.3, -0.25) is 9.48 Å². The van der Waals surface area contributed by atoms with Crippen LogP contribution < -0.4 is 5.43 Å². The van der Waals surface area contributed by atoms with Crippen molar-refractivity contribution in [3.63, 3.8) is 0 Å². The molecule has 4 aromatic rings. The molecule has 0 unspecified atom stereocenters. The van der Waals surface area contributed by atoms with Crippen molar-refractivity contribution in [2.45, 2.75) is 20.8 Å². The Morgan fingerprint density at radius 1 is 1.07 bits per heavy atom. The number of aryl methyl sites for hydroxylation is 4. The SMILES string of the molecule is Cc1ccc(-c2cc(C(=O)NN=Cc3cn(C)nc3C)c3ccccc3n2)cc1C. The molecule has 0 radical (unpaired) electrons. The molecule has 2 aromatic heterocycles. The second-order valence-corrected chi connectivity index (χ2v) is 7.41. The number of nitrogens with zero attached hydrogens (tertiary/aromatic N) is 4. The number of amides is 1. The van der Waals surface area contributed by atoms with Crippen LogP contribution in [0.1, 0.15) is 32.7 Å². The summed E-state index contributed by atoms with van der Waals surface area (Å²) in [6, 6.07) is 15.7. The maximum Gasteiger partial charge on any atom is 0.272 e. The highest BCUT2D eigenvalue weighted by Gasteiger charge is 2.14. The summed E-state index contributed by atoms with van der Waals surface area (Å²) in [7, 11) is 1.85. The number of hydrogen-bond acceptors (Lipinski definition) is 4. The van der Waals surface area contributed by atoms with Crippen LogP contribution >= 0.6 is 0 Å². The van der Waals surface area contributed by atoms with Crippen LogP contribution in [0.25, 0.3) is 22.2 Å². The van der Waals surface area contributed by atoms with E-state index in [0.717, 1.165) is 33.4 Å². The van der Waals surface area contributed by atoms with Gasteiger partial charge in [0.1, 0.15) is 0 Å². The van der Waals surface area contributed by atoms with E-state index in [-0.39, 0.29) is 5.91 Å². The van der Waals surface area contributed by atoms with Gasteiger partial charge in [0.05, 0.1) is 28.7 Å². The van der Waals surface area contributed by atoms with Gasteiger partial charge in [0.15, 0.2) is 0 Å². The molecule has 0 aliphatic rings. The zero-order chi connectivity index (χ0) is 21.3. The van der Waals surface area contributed by atoms with Crippen molar-refractivity contribution >= 4 is 23.0 Å². The summed E-state index contributed by atoms with van der Waals surface area (Å²) in [5.74, 6) is -0.281. The Hall–Kier alpha value is -3.80. The Morgan fingerprint density at radius 3 is 2.60 bits per heavy atom. The molecule has 6 nitrogen and oxygen atoms in total. The van der Waals surface area contributed by atoms with Crippen molar-refractivity contribution < 1.29 is 4.79 Å². The normalized spacial score (nSPS) is 11.3. The average molecular weight is 397 g/mol. The van der Waals surface area contributed by atoms with Crippen molar-refractivity contribution in [2.24, 2.45) is 12.1 Å². The zero-order valence-corrected chi connectivity index (χ0v) is 17.5. The molecule has 0 aliphatic heterocycles. The van der Waals surface area contributed by atoms with Crippen LogP contribution in [-0.4, -0.2) is 26.9 Å². The summed E-state index contributed by atoms with van der Waals surface area (Å²) in [6.07, 6.45) is 3.46. The van der Waals surface area contributed by atoms with Crippen LogP contribution in [0.5, 0.6) is 0 Å². The minimum Gasteiger partial charge on any atom is -0.275 e. The van der Waals surface area contributed by atoms with Crippen LogP contribution in [0.15, 0.2) is 59.8 Å². The van der Waals surface area contributed by atoms with E-state index >= 15 is 0 Å². The highest BCUT2D eigenvalue weighted by molar-refractivity contribution is 6.07. The molecule has 6 heteroatoms. The smallest absolute Gasteiger partial charge is 0.272 e. The summed E-state index contributed by atoms with van der Waals surface area (Å²) in [5.41, 5.74) is 9.79. The second kappa shape index (κ2) is 7.91. The summed E-state index contributed by atoms with van der Waals surface area (Å²) < 4.78 is 1.71. The molecule has 2 heterocycles. The van der Waals surface area contributed by atoms with E-state index < -0.39 is 0 Å². The van der Waals surface area contributed by atoms with E-state index in [2.05, 4.69) is 41.6 Å². The molecule has 0 atom stereocenters. The standard InChI is InChI=1S/C24H23N5O/c1-15-9-10-18(11-16(15)2)23-12-21(20-7-5-6-8-22(20)26-23)24(30)27-25-13-19-14-29(4)28-17(19)3/h5-14H,1-4H3,(H,27,30). The number of fused-ring (bicyclic) bond motifs is 1. The Bertz CT molecular complexity index is 1290. The molecular weight excluding hydrogens is 374 g/mol. The lowest BCUT2D eigenvalue weighted by Gasteiger charge is -2.10. The van der Waals surface area contributed by atoms with E-state index in [0.29, 0.717) is 5.56 Å². The number of nitrogens with one attached hydrogen (secondary N) is 1. The number of hydrazone groups is 1. The molecular formula is C24H23N5O. The number of pyridine rings is 1. The molecule has 0 bridgehead atoms. The van der Waals surface area contributed by atoms with Crippen LogP contribution in [-0.2, 0) is 7.05 Å². The number of aromatic nitrogens is 3. The lowest BCUT2D eigenvalue weighted by molar-refractivity contribution is 0.0956. The minimum atomic E-state index is -0.281. The van der Waals surface area contributed by atoms with Gasteiger partial charge in [-0.15, -0.1) is 0 Å². The molecule has 2 aromatic carbocycles. The van der Waals surface area contributed by atoms with Crippen LogP contribution in [0.4, 0.5) is 0 Å². The fourth-order valence-corrected chi connectivity index (χ4v) is 3.38. The van der Waals surface area contributed by atoms with E-state index in [1.165, 1.54) is 11.1 Å². The maximum atomic E-state index is 13.0. The third kappa shape index (κ3) is 3.85. The highest BCUT2D eigenvalue weighted by atomic mass is 16.2. The molecule has 0 spiro atoms. The van der Waals surface area contributed by atoms with E-state index in [1.54, 1.807) is 10.9 Å². The topological polar surface area (TPSA) is 72.2 Å². The lowest BCUT2D eigenvalue weighted by Crippen LogP contribution is -2.18. The fraction of sp³-hybridized carbons (Fsp3) is 0.167. The number of carbonyl (C=O) groups excluding carboxylic acids is 1. The third-order valence-corrected chi connectivity index (χ3v) is 5.18. The number of hydrogen-bond donors (Lipinski definition) is 1.